The molecule has 3 rings (SSSR count). The molecule has 0 radical (unpaired) electrons. The lowest BCUT2D eigenvalue weighted by Gasteiger charge is -2.05. The molecular weight excluding hydrogens is 374 g/mol. The fraction of sp³-hybridized carbons (Fsp3) is 0.0625. The predicted octanol–water partition coefficient (Wildman–Crippen LogP) is 3.58. The molecule has 0 spiro atoms. The minimum atomic E-state index is -0.558. The molecule has 0 bridgehead atoms. The number of hydrogen-bond acceptors (Lipinski definition) is 8. The molecule has 2 aromatic carbocycles. The average molecular weight is 385 g/mol. The summed E-state index contributed by atoms with van der Waals surface area (Å²) in [6, 6.07) is 10.1. The molecule has 0 aliphatic carbocycles. The zero-order valence-corrected chi connectivity index (χ0v) is 14.6. The lowest BCUT2D eigenvalue weighted by Crippen LogP contribution is -2.14. The van der Waals surface area contributed by atoms with Gasteiger partial charge in [-0.05, 0) is 13.0 Å². The lowest BCUT2D eigenvalue weighted by molar-refractivity contribution is -0.385. The van der Waals surface area contributed by atoms with Crippen molar-refractivity contribution in [3.05, 3.63) is 73.8 Å². The van der Waals surface area contributed by atoms with Crippen LogP contribution in [0.1, 0.15) is 15.9 Å². The fourth-order valence-corrected chi connectivity index (χ4v) is 3.11. The molecule has 0 aliphatic rings. The van der Waals surface area contributed by atoms with Crippen LogP contribution in [-0.2, 0) is 0 Å². The van der Waals surface area contributed by atoms with Gasteiger partial charge in [0.15, 0.2) is 0 Å². The number of aromatic nitrogens is 2. The Morgan fingerprint density at radius 3 is 2.52 bits per heavy atom. The van der Waals surface area contributed by atoms with Crippen molar-refractivity contribution < 1.29 is 14.6 Å². The SMILES string of the molecule is Cc1c(C(=O)Nc2nnc(-c3cccc([N+](=O)[O-])c3)s2)cccc1[N+](=O)[O-]. The quantitative estimate of drug-likeness (QED) is 0.522. The van der Waals surface area contributed by atoms with Crippen LogP contribution >= 0.6 is 11.3 Å². The van der Waals surface area contributed by atoms with Gasteiger partial charge in [0.05, 0.1) is 9.85 Å². The monoisotopic (exact) mass is 385 g/mol. The number of nitrogens with one attached hydrogen (secondary N) is 1. The first kappa shape index (κ1) is 18.1. The van der Waals surface area contributed by atoms with E-state index in [1.807, 2.05) is 0 Å². The summed E-state index contributed by atoms with van der Waals surface area (Å²) in [6.45, 7) is 1.49. The van der Waals surface area contributed by atoms with Gasteiger partial charge in [-0.15, -0.1) is 10.2 Å². The van der Waals surface area contributed by atoms with Crippen LogP contribution in [0.3, 0.4) is 0 Å². The van der Waals surface area contributed by atoms with Gasteiger partial charge in [-0.25, -0.2) is 0 Å². The van der Waals surface area contributed by atoms with E-state index in [4.69, 9.17) is 0 Å². The van der Waals surface area contributed by atoms with E-state index < -0.39 is 15.8 Å². The average Bonchev–Trinajstić information content (AvgIpc) is 3.10. The number of nitro benzene ring substituents is 2. The number of carbonyl (C=O) groups excluding carboxylic acids is 1. The first-order valence-electron chi connectivity index (χ1n) is 7.50. The van der Waals surface area contributed by atoms with Gasteiger partial charge in [-0.3, -0.25) is 30.3 Å². The Bertz CT molecular complexity index is 1060. The molecule has 1 N–H and O–H groups in total. The van der Waals surface area contributed by atoms with Crippen LogP contribution in [-0.4, -0.2) is 26.0 Å². The molecule has 1 amide bonds. The maximum absolute atomic E-state index is 12.4. The molecule has 136 valence electrons. The Morgan fingerprint density at radius 2 is 1.81 bits per heavy atom. The lowest BCUT2D eigenvalue weighted by atomic mass is 10.1. The molecule has 3 aromatic rings. The van der Waals surface area contributed by atoms with E-state index in [1.54, 1.807) is 6.07 Å². The van der Waals surface area contributed by atoms with Crippen LogP contribution in [0.15, 0.2) is 42.5 Å². The van der Waals surface area contributed by atoms with Crippen LogP contribution in [0.4, 0.5) is 16.5 Å². The van der Waals surface area contributed by atoms with Crippen LogP contribution in [0.2, 0.25) is 0 Å². The molecule has 0 aliphatic heterocycles. The van der Waals surface area contributed by atoms with Gasteiger partial charge in [0.1, 0.15) is 5.01 Å². The Morgan fingerprint density at radius 1 is 1.07 bits per heavy atom. The molecule has 0 saturated carbocycles. The molecule has 1 aromatic heterocycles. The van der Waals surface area contributed by atoms with Crippen LogP contribution < -0.4 is 5.32 Å². The number of amides is 1. The van der Waals surface area contributed by atoms with E-state index in [0.717, 1.165) is 11.3 Å². The highest BCUT2D eigenvalue weighted by Crippen LogP contribution is 2.29. The normalized spacial score (nSPS) is 10.4. The van der Waals surface area contributed by atoms with Crippen LogP contribution in [0.25, 0.3) is 10.6 Å². The molecule has 0 fully saturated rings. The number of nitrogens with zero attached hydrogens (tertiary/aromatic N) is 4. The largest absolute Gasteiger partial charge is 0.296 e. The van der Waals surface area contributed by atoms with E-state index in [9.17, 15) is 25.0 Å². The molecule has 27 heavy (non-hydrogen) atoms. The third-order valence-electron chi connectivity index (χ3n) is 3.70. The van der Waals surface area contributed by atoms with E-state index in [1.165, 1.54) is 43.3 Å². The number of anilines is 1. The molecular formula is C16H11N5O5S. The van der Waals surface area contributed by atoms with Gasteiger partial charge in [0.25, 0.3) is 17.3 Å². The van der Waals surface area contributed by atoms with Crippen molar-refractivity contribution in [3.63, 3.8) is 0 Å². The zero-order valence-electron chi connectivity index (χ0n) is 13.8. The number of nitro groups is 2. The van der Waals surface area contributed by atoms with Gasteiger partial charge in [0, 0.05) is 34.9 Å². The Kier molecular flexibility index (Phi) is 4.86. The number of hydrogen-bond donors (Lipinski definition) is 1. The molecule has 1 heterocycles. The minimum Gasteiger partial charge on any atom is -0.296 e. The topological polar surface area (TPSA) is 141 Å². The summed E-state index contributed by atoms with van der Waals surface area (Å²) in [4.78, 5) is 33.2. The first-order chi connectivity index (χ1) is 12.9. The van der Waals surface area contributed by atoms with Crippen molar-refractivity contribution in [2.45, 2.75) is 6.92 Å². The maximum Gasteiger partial charge on any atom is 0.273 e. The van der Waals surface area contributed by atoms with Crippen molar-refractivity contribution in [1.82, 2.24) is 10.2 Å². The highest BCUT2D eigenvalue weighted by molar-refractivity contribution is 7.18. The van der Waals surface area contributed by atoms with Gasteiger partial charge in [0.2, 0.25) is 5.13 Å². The van der Waals surface area contributed by atoms with Crippen molar-refractivity contribution in [1.29, 1.82) is 0 Å². The summed E-state index contributed by atoms with van der Waals surface area (Å²) >= 11 is 1.04. The van der Waals surface area contributed by atoms with Gasteiger partial charge in [-0.2, -0.15) is 0 Å². The molecule has 0 saturated heterocycles. The third kappa shape index (κ3) is 3.77. The van der Waals surface area contributed by atoms with Crippen LogP contribution in [0, 0.1) is 27.2 Å². The van der Waals surface area contributed by atoms with Crippen molar-refractivity contribution in [2.24, 2.45) is 0 Å². The van der Waals surface area contributed by atoms with Gasteiger partial charge < -0.3 is 0 Å². The van der Waals surface area contributed by atoms with E-state index in [-0.39, 0.29) is 27.6 Å². The van der Waals surface area contributed by atoms with Crippen molar-refractivity contribution in [2.75, 3.05) is 5.32 Å². The summed E-state index contributed by atoms with van der Waals surface area (Å²) in [5.41, 5.74) is 0.645. The number of benzene rings is 2. The predicted molar refractivity (Wildman–Crippen MR) is 97.8 cm³/mol. The second-order valence-electron chi connectivity index (χ2n) is 5.38. The number of non-ortho nitro benzene ring substituents is 1. The minimum absolute atomic E-state index is 0.0829. The Balaban J connectivity index is 1.83. The first-order valence-corrected chi connectivity index (χ1v) is 8.32. The van der Waals surface area contributed by atoms with Crippen LogP contribution in [0.5, 0.6) is 0 Å². The summed E-state index contributed by atoms with van der Waals surface area (Å²) in [5, 5.41) is 32.7. The summed E-state index contributed by atoms with van der Waals surface area (Å²) in [5.74, 6) is -0.557. The highest BCUT2D eigenvalue weighted by Gasteiger charge is 2.19. The molecule has 0 unspecified atom stereocenters. The second kappa shape index (κ2) is 7.25. The van der Waals surface area contributed by atoms with Gasteiger partial charge in [-0.1, -0.05) is 29.5 Å². The summed E-state index contributed by atoms with van der Waals surface area (Å²) in [6.07, 6.45) is 0. The van der Waals surface area contributed by atoms with E-state index in [0.29, 0.717) is 10.6 Å². The smallest absolute Gasteiger partial charge is 0.273 e. The Labute approximate surface area is 155 Å². The highest BCUT2D eigenvalue weighted by atomic mass is 32.1. The summed E-state index contributed by atoms with van der Waals surface area (Å²) in [7, 11) is 0. The van der Waals surface area contributed by atoms with Crippen molar-refractivity contribution in [3.8, 4) is 10.6 Å². The Hall–Kier alpha value is -3.73. The van der Waals surface area contributed by atoms with E-state index >= 15 is 0 Å². The fourth-order valence-electron chi connectivity index (χ4n) is 2.37. The standard InChI is InChI=1S/C16H11N5O5S/c1-9-12(6-3-7-13(9)21(25)26)14(22)17-16-19-18-15(27-16)10-4-2-5-11(8-10)20(23)24/h2-8H,1H3,(H,17,19,22). The molecule has 10 nitrogen and oxygen atoms in total. The number of rotatable bonds is 5. The molecule has 11 heteroatoms. The van der Waals surface area contributed by atoms with Crippen molar-refractivity contribution >= 4 is 33.8 Å². The van der Waals surface area contributed by atoms with Gasteiger partial charge >= 0.3 is 0 Å². The zero-order chi connectivity index (χ0) is 19.6. The van der Waals surface area contributed by atoms with E-state index in [2.05, 4.69) is 15.5 Å². The second-order valence-corrected chi connectivity index (χ2v) is 6.36. The summed E-state index contributed by atoms with van der Waals surface area (Å²) < 4.78 is 0. The number of carbonyl (C=O) groups is 1. The molecule has 0 atom stereocenters. The third-order valence-corrected chi connectivity index (χ3v) is 4.58. The maximum atomic E-state index is 12.4.